The molecule has 0 unspecified atom stereocenters. The van der Waals surface area contributed by atoms with Gasteiger partial charge in [-0.25, -0.2) is 11.7 Å². The van der Waals surface area contributed by atoms with Crippen molar-refractivity contribution in [1.82, 2.24) is 10.9 Å². The van der Waals surface area contributed by atoms with E-state index in [2.05, 4.69) is 4.74 Å². The molecule has 0 heterocycles. The molecule has 0 atom stereocenters. The Hall–Kier alpha value is -2.36. The number of amides is 2. The van der Waals surface area contributed by atoms with Gasteiger partial charge in [0.05, 0.1) is 0 Å². The van der Waals surface area contributed by atoms with Crippen LogP contribution in [0.1, 0.15) is 0 Å². The molecule has 0 aliphatic rings. The molecule has 0 aromatic heterocycles. The van der Waals surface area contributed by atoms with E-state index in [1.165, 1.54) is 24.3 Å². The average Bonchev–Trinajstić information content (AvgIpc) is 2.42. The second-order valence-electron chi connectivity index (χ2n) is 3.14. The molecule has 0 aliphatic heterocycles. The summed E-state index contributed by atoms with van der Waals surface area (Å²) < 4.78 is 4.55. The summed E-state index contributed by atoms with van der Waals surface area (Å²) in [6, 6.07) is 5.70. The highest BCUT2D eigenvalue weighted by molar-refractivity contribution is 5.78. The van der Waals surface area contributed by atoms with E-state index < -0.39 is 11.8 Å². The minimum absolute atomic E-state index is 0.169. The van der Waals surface area contributed by atoms with Crippen LogP contribution in [0.5, 0.6) is 11.5 Å². The van der Waals surface area contributed by atoms with Crippen molar-refractivity contribution in [3.05, 3.63) is 24.3 Å². The van der Waals surface area contributed by atoms with Crippen molar-refractivity contribution in [2.75, 3.05) is 13.2 Å². The molecule has 9 nitrogen and oxygen atoms in total. The molecule has 0 radical (unpaired) electrons. The summed E-state index contributed by atoms with van der Waals surface area (Å²) in [4.78, 5) is 20.7. The smallest absolute Gasteiger partial charge is 0.259 e. The number of phenolic OH excluding ortho intramolecular Hbond substituents is 2. The minimum Gasteiger partial charge on any atom is -0.508 e. The van der Waals surface area contributed by atoms with Crippen LogP contribution in [0.25, 0.3) is 0 Å². The van der Waals surface area contributed by atoms with E-state index in [9.17, 15) is 9.59 Å². The summed E-state index contributed by atoms with van der Waals surface area (Å²) in [5.74, 6) is 8.76. The topological polar surface area (TPSA) is 160 Å². The molecule has 0 saturated carbocycles. The number of phenols is 2. The van der Waals surface area contributed by atoms with Gasteiger partial charge >= 0.3 is 0 Å². The Bertz CT molecular complexity index is 358. The first-order valence-electron chi connectivity index (χ1n) is 5.04. The zero-order chi connectivity index (χ0) is 14.7. The highest BCUT2D eigenvalue weighted by atomic mass is 16.5. The molecule has 1 rings (SSSR count). The SMILES string of the molecule is NNC(=O)COCC(=O)NN.Oc1ccc(O)cc1. The largest absolute Gasteiger partial charge is 0.508 e. The minimum atomic E-state index is -0.505. The molecular weight excluding hydrogens is 256 g/mol. The Labute approximate surface area is 109 Å². The first-order chi connectivity index (χ1) is 8.99. The summed E-state index contributed by atoms with van der Waals surface area (Å²) in [6.45, 7) is -0.520. The third-order valence-corrected chi connectivity index (χ3v) is 1.64. The van der Waals surface area contributed by atoms with Crippen molar-refractivity contribution in [1.29, 1.82) is 0 Å². The van der Waals surface area contributed by atoms with Crippen LogP contribution in [0.3, 0.4) is 0 Å². The highest BCUT2D eigenvalue weighted by Crippen LogP contribution is 2.13. The van der Waals surface area contributed by atoms with Crippen LogP contribution in [0.4, 0.5) is 0 Å². The summed E-state index contributed by atoms with van der Waals surface area (Å²) in [5, 5.41) is 17.3. The quantitative estimate of drug-likeness (QED) is 0.161. The van der Waals surface area contributed by atoms with E-state index in [0.717, 1.165) is 0 Å². The lowest BCUT2D eigenvalue weighted by molar-refractivity contribution is -0.131. The van der Waals surface area contributed by atoms with Crippen molar-refractivity contribution in [3.8, 4) is 11.5 Å². The molecule has 0 fully saturated rings. The molecule has 8 N–H and O–H groups in total. The molecule has 0 aliphatic carbocycles. The van der Waals surface area contributed by atoms with Gasteiger partial charge in [-0.05, 0) is 24.3 Å². The Balaban J connectivity index is 0.000000356. The number of nitrogens with two attached hydrogens (primary N) is 2. The third kappa shape index (κ3) is 9.35. The molecule has 1 aromatic carbocycles. The summed E-state index contributed by atoms with van der Waals surface area (Å²) >= 11 is 0. The van der Waals surface area contributed by atoms with Crippen molar-refractivity contribution >= 4 is 11.8 Å². The number of hydrogen-bond acceptors (Lipinski definition) is 7. The van der Waals surface area contributed by atoms with Gasteiger partial charge < -0.3 is 14.9 Å². The fourth-order valence-electron chi connectivity index (χ4n) is 0.772. The van der Waals surface area contributed by atoms with Gasteiger partial charge in [0.1, 0.15) is 24.7 Å². The molecule has 2 amide bonds. The lowest BCUT2D eigenvalue weighted by atomic mass is 10.3. The predicted octanol–water partition coefficient (Wildman–Crippen LogP) is -1.92. The Morgan fingerprint density at radius 3 is 1.53 bits per heavy atom. The van der Waals surface area contributed by atoms with Gasteiger partial charge in [0.2, 0.25) is 0 Å². The monoisotopic (exact) mass is 272 g/mol. The number of carbonyl (C=O) groups excluding carboxylic acids is 2. The van der Waals surface area contributed by atoms with Gasteiger partial charge in [0.15, 0.2) is 0 Å². The Kier molecular flexibility index (Phi) is 8.45. The Morgan fingerprint density at radius 1 is 0.947 bits per heavy atom. The number of ether oxygens (including phenoxy) is 1. The molecule has 19 heavy (non-hydrogen) atoms. The fraction of sp³-hybridized carbons (Fsp3) is 0.200. The van der Waals surface area contributed by atoms with Gasteiger partial charge in [0.25, 0.3) is 11.8 Å². The van der Waals surface area contributed by atoms with E-state index in [0.29, 0.717) is 0 Å². The number of benzene rings is 1. The molecule has 0 bridgehead atoms. The average molecular weight is 272 g/mol. The standard InChI is InChI=1S/C6H6O2.C4H10N4O3/c7-5-1-2-6(8)4-3-5;5-7-3(9)1-11-2-4(10)8-6/h1-4,7-8H;1-2,5-6H2,(H,7,9)(H,8,10). The molecule has 106 valence electrons. The van der Waals surface area contributed by atoms with E-state index in [1.54, 1.807) is 0 Å². The van der Waals surface area contributed by atoms with Crippen LogP contribution >= 0.6 is 0 Å². The zero-order valence-corrected chi connectivity index (χ0v) is 10.00. The molecule has 0 saturated heterocycles. The highest BCUT2D eigenvalue weighted by Gasteiger charge is 2.00. The third-order valence-electron chi connectivity index (χ3n) is 1.64. The van der Waals surface area contributed by atoms with E-state index >= 15 is 0 Å². The van der Waals surface area contributed by atoms with Crippen molar-refractivity contribution in [2.45, 2.75) is 0 Å². The van der Waals surface area contributed by atoms with Crippen LogP contribution in [-0.2, 0) is 14.3 Å². The molecule has 1 aromatic rings. The number of hydrazine groups is 2. The van der Waals surface area contributed by atoms with Gasteiger partial charge in [-0.1, -0.05) is 0 Å². The number of hydrogen-bond donors (Lipinski definition) is 6. The van der Waals surface area contributed by atoms with Gasteiger partial charge in [0, 0.05) is 0 Å². The predicted molar refractivity (Wildman–Crippen MR) is 65.3 cm³/mol. The van der Waals surface area contributed by atoms with E-state index in [-0.39, 0.29) is 24.7 Å². The number of rotatable bonds is 4. The van der Waals surface area contributed by atoms with Crippen LogP contribution in [0, 0.1) is 0 Å². The number of carbonyl (C=O) groups is 2. The first-order valence-corrected chi connectivity index (χ1v) is 5.04. The lowest BCUT2D eigenvalue weighted by Gasteiger charge is -2.00. The molecule has 9 heteroatoms. The fourth-order valence-corrected chi connectivity index (χ4v) is 0.772. The maximum atomic E-state index is 10.4. The van der Waals surface area contributed by atoms with E-state index in [1.807, 2.05) is 10.9 Å². The maximum absolute atomic E-state index is 10.4. The summed E-state index contributed by atoms with van der Waals surface area (Å²) in [7, 11) is 0. The van der Waals surface area contributed by atoms with Gasteiger partial charge in [-0.3, -0.25) is 20.4 Å². The summed E-state index contributed by atoms with van der Waals surface area (Å²) in [5.41, 5.74) is 3.66. The van der Waals surface area contributed by atoms with Crippen LogP contribution in [0.15, 0.2) is 24.3 Å². The van der Waals surface area contributed by atoms with Crippen molar-refractivity contribution < 1.29 is 24.5 Å². The van der Waals surface area contributed by atoms with Crippen LogP contribution in [0.2, 0.25) is 0 Å². The summed E-state index contributed by atoms with van der Waals surface area (Å²) in [6.07, 6.45) is 0. The normalized spacial score (nSPS) is 8.95. The van der Waals surface area contributed by atoms with E-state index in [4.69, 9.17) is 21.9 Å². The number of aromatic hydroxyl groups is 2. The van der Waals surface area contributed by atoms with Crippen LogP contribution < -0.4 is 22.5 Å². The van der Waals surface area contributed by atoms with Crippen molar-refractivity contribution in [3.63, 3.8) is 0 Å². The van der Waals surface area contributed by atoms with Crippen molar-refractivity contribution in [2.24, 2.45) is 11.7 Å². The lowest BCUT2D eigenvalue weighted by Crippen LogP contribution is -2.37. The van der Waals surface area contributed by atoms with Crippen LogP contribution in [-0.4, -0.2) is 35.2 Å². The first kappa shape index (κ1) is 16.6. The van der Waals surface area contributed by atoms with Gasteiger partial charge in [-0.15, -0.1) is 0 Å². The second-order valence-corrected chi connectivity index (χ2v) is 3.14. The Morgan fingerprint density at radius 2 is 1.26 bits per heavy atom. The zero-order valence-electron chi connectivity index (χ0n) is 10.00. The second kappa shape index (κ2) is 9.65. The molecule has 0 spiro atoms. The maximum Gasteiger partial charge on any atom is 0.259 e. The molecular formula is C10H16N4O5. The van der Waals surface area contributed by atoms with Gasteiger partial charge in [-0.2, -0.15) is 0 Å². The number of nitrogens with one attached hydrogen (secondary N) is 2.